The van der Waals surface area contributed by atoms with Crippen LogP contribution in [0.1, 0.15) is 31.9 Å². The lowest BCUT2D eigenvalue weighted by Crippen LogP contribution is -2.19. The van der Waals surface area contributed by atoms with Gasteiger partial charge in [-0.2, -0.15) is 5.10 Å². The van der Waals surface area contributed by atoms with Crippen molar-refractivity contribution in [2.75, 3.05) is 0 Å². The standard InChI is InChI=1S/C22H19N3OS2/c1-13-8-10-20(27-13)15(3)24-25-22(26)17-12-19(21-11-9-14(2)28-21)23-18-7-5-4-6-16(17)18/h4-12H,1-3H3,(H,25,26)/b24-15+. The molecule has 0 saturated carbocycles. The van der Waals surface area contributed by atoms with Gasteiger partial charge in [0.15, 0.2) is 0 Å². The molecule has 0 aliphatic rings. The van der Waals surface area contributed by atoms with E-state index in [1.165, 1.54) is 9.75 Å². The molecule has 4 nitrogen and oxygen atoms in total. The number of hydrazone groups is 1. The molecular formula is C22H19N3OS2. The first-order valence-electron chi connectivity index (χ1n) is 8.89. The van der Waals surface area contributed by atoms with Gasteiger partial charge in [0.2, 0.25) is 0 Å². The number of pyridine rings is 1. The van der Waals surface area contributed by atoms with Crippen LogP contribution in [-0.4, -0.2) is 16.6 Å². The van der Waals surface area contributed by atoms with Crippen LogP contribution in [0.3, 0.4) is 0 Å². The lowest BCUT2D eigenvalue weighted by atomic mass is 10.1. The van der Waals surface area contributed by atoms with E-state index in [0.717, 1.165) is 32.1 Å². The SMILES string of the molecule is C/C(=N\NC(=O)c1cc(-c2ccc(C)s2)nc2ccccc12)c1ccc(C)s1. The summed E-state index contributed by atoms with van der Waals surface area (Å²) in [5.74, 6) is -0.235. The summed E-state index contributed by atoms with van der Waals surface area (Å²) in [5, 5.41) is 5.12. The number of rotatable bonds is 4. The van der Waals surface area contributed by atoms with Crippen LogP contribution in [0, 0.1) is 13.8 Å². The molecule has 0 bridgehead atoms. The van der Waals surface area contributed by atoms with Crippen molar-refractivity contribution in [2.45, 2.75) is 20.8 Å². The predicted octanol–water partition coefficient (Wildman–Crippen LogP) is 5.80. The fourth-order valence-electron chi connectivity index (χ4n) is 2.94. The minimum Gasteiger partial charge on any atom is -0.267 e. The number of carbonyl (C=O) groups excluding carboxylic acids is 1. The molecule has 0 fully saturated rings. The molecule has 1 aromatic carbocycles. The Bertz CT molecular complexity index is 1200. The van der Waals surface area contributed by atoms with Crippen molar-refractivity contribution in [3.63, 3.8) is 0 Å². The van der Waals surface area contributed by atoms with Crippen molar-refractivity contribution in [1.29, 1.82) is 0 Å². The lowest BCUT2D eigenvalue weighted by molar-refractivity contribution is 0.0956. The van der Waals surface area contributed by atoms with Gasteiger partial charge in [-0.15, -0.1) is 22.7 Å². The summed E-state index contributed by atoms with van der Waals surface area (Å²) in [7, 11) is 0. The van der Waals surface area contributed by atoms with E-state index >= 15 is 0 Å². The number of amides is 1. The fraction of sp³-hybridized carbons (Fsp3) is 0.136. The molecule has 0 aliphatic heterocycles. The third kappa shape index (κ3) is 3.74. The molecule has 0 radical (unpaired) electrons. The highest BCUT2D eigenvalue weighted by Gasteiger charge is 2.14. The molecule has 4 aromatic rings. The van der Waals surface area contributed by atoms with Crippen molar-refractivity contribution in [3.05, 3.63) is 74.8 Å². The van der Waals surface area contributed by atoms with E-state index in [1.54, 1.807) is 22.7 Å². The van der Waals surface area contributed by atoms with Gasteiger partial charge in [-0.25, -0.2) is 10.4 Å². The van der Waals surface area contributed by atoms with Crippen molar-refractivity contribution >= 4 is 45.2 Å². The van der Waals surface area contributed by atoms with Crippen LogP contribution >= 0.6 is 22.7 Å². The Labute approximate surface area is 171 Å². The second-order valence-corrected chi connectivity index (χ2v) is 9.11. The van der Waals surface area contributed by atoms with Gasteiger partial charge in [-0.05, 0) is 57.2 Å². The zero-order valence-corrected chi connectivity index (χ0v) is 17.4. The average molecular weight is 406 g/mol. The topological polar surface area (TPSA) is 54.4 Å². The van der Waals surface area contributed by atoms with E-state index < -0.39 is 0 Å². The van der Waals surface area contributed by atoms with Crippen LogP contribution in [0.2, 0.25) is 0 Å². The van der Waals surface area contributed by atoms with Crippen molar-refractivity contribution in [3.8, 4) is 10.6 Å². The van der Waals surface area contributed by atoms with Crippen molar-refractivity contribution < 1.29 is 4.79 Å². The highest BCUT2D eigenvalue weighted by molar-refractivity contribution is 7.15. The smallest absolute Gasteiger partial charge is 0.267 e. The maximum atomic E-state index is 12.9. The number of aromatic nitrogens is 1. The molecule has 6 heteroatoms. The predicted molar refractivity (Wildman–Crippen MR) is 119 cm³/mol. The van der Waals surface area contributed by atoms with E-state index in [0.29, 0.717) is 5.56 Å². The largest absolute Gasteiger partial charge is 0.272 e. The summed E-state index contributed by atoms with van der Waals surface area (Å²) in [6.45, 7) is 6.01. The number of aryl methyl sites for hydroxylation is 2. The summed E-state index contributed by atoms with van der Waals surface area (Å²) >= 11 is 3.32. The van der Waals surface area contributed by atoms with Crippen LogP contribution < -0.4 is 5.43 Å². The summed E-state index contributed by atoms with van der Waals surface area (Å²) in [6.07, 6.45) is 0. The van der Waals surface area contributed by atoms with Gasteiger partial charge in [0.05, 0.1) is 32.2 Å². The molecule has 1 amide bonds. The molecule has 3 heterocycles. The number of fused-ring (bicyclic) bond motifs is 1. The summed E-state index contributed by atoms with van der Waals surface area (Å²) in [6, 6.07) is 17.7. The van der Waals surface area contributed by atoms with Crippen LogP contribution in [0.25, 0.3) is 21.5 Å². The molecule has 0 saturated heterocycles. The first-order valence-corrected chi connectivity index (χ1v) is 10.5. The lowest BCUT2D eigenvalue weighted by Gasteiger charge is -2.08. The van der Waals surface area contributed by atoms with Crippen LogP contribution in [0.4, 0.5) is 0 Å². The van der Waals surface area contributed by atoms with Crippen molar-refractivity contribution in [2.24, 2.45) is 5.10 Å². The Morgan fingerprint density at radius 3 is 2.46 bits per heavy atom. The van der Waals surface area contributed by atoms with E-state index in [1.807, 2.05) is 55.5 Å². The number of para-hydroxylation sites is 1. The second kappa shape index (κ2) is 7.66. The quantitative estimate of drug-likeness (QED) is 0.345. The Balaban J connectivity index is 1.71. The van der Waals surface area contributed by atoms with E-state index in [4.69, 9.17) is 4.98 Å². The Morgan fingerprint density at radius 2 is 1.75 bits per heavy atom. The third-order valence-corrected chi connectivity index (χ3v) is 6.51. The Kier molecular flexibility index (Phi) is 5.07. The number of hydrogen-bond donors (Lipinski definition) is 1. The van der Waals surface area contributed by atoms with Gasteiger partial charge in [-0.1, -0.05) is 18.2 Å². The Morgan fingerprint density at radius 1 is 1.00 bits per heavy atom. The normalized spacial score (nSPS) is 11.8. The fourth-order valence-corrected chi connectivity index (χ4v) is 4.58. The highest BCUT2D eigenvalue weighted by atomic mass is 32.1. The molecule has 140 valence electrons. The third-order valence-electron chi connectivity index (χ3n) is 4.38. The zero-order chi connectivity index (χ0) is 19.7. The van der Waals surface area contributed by atoms with Gasteiger partial charge >= 0.3 is 0 Å². The van der Waals surface area contributed by atoms with Gasteiger partial charge in [0.1, 0.15) is 0 Å². The van der Waals surface area contributed by atoms with Gasteiger partial charge in [0, 0.05) is 15.1 Å². The molecule has 0 atom stereocenters. The first-order chi connectivity index (χ1) is 13.5. The van der Waals surface area contributed by atoms with Crippen molar-refractivity contribution in [1.82, 2.24) is 10.4 Å². The number of benzene rings is 1. The summed E-state index contributed by atoms with van der Waals surface area (Å²) in [4.78, 5) is 22.2. The monoisotopic (exact) mass is 405 g/mol. The number of hydrogen-bond acceptors (Lipinski definition) is 5. The molecule has 1 N–H and O–H groups in total. The number of carbonyl (C=O) groups is 1. The molecule has 0 aliphatic carbocycles. The number of thiophene rings is 2. The van der Waals surface area contributed by atoms with Gasteiger partial charge in [0.25, 0.3) is 5.91 Å². The number of nitrogens with zero attached hydrogens (tertiary/aromatic N) is 2. The minimum atomic E-state index is -0.235. The molecule has 28 heavy (non-hydrogen) atoms. The highest BCUT2D eigenvalue weighted by Crippen LogP contribution is 2.29. The average Bonchev–Trinajstić information content (AvgIpc) is 3.33. The summed E-state index contributed by atoms with van der Waals surface area (Å²) < 4.78 is 0. The molecule has 3 aromatic heterocycles. The molecule has 0 unspecified atom stereocenters. The molecule has 4 rings (SSSR count). The summed E-state index contributed by atoms with van der Waals surface area (Å²) in [5.41, 5.74) is 5.68. The second-order valence-electron chi connectivity index (χ2n) is 6.53. The van der Waals surface area contributed by atoms with Crippen LogP contribution in [0.15, 0.2) is 59.7 Å². The maximum Gasteiger partial charge on any atom is 0.272 e. The molecular weight excluding hydrogens is 386 g/mol. The number of nitrogens with one attached hydrogen (secondary N) is 1. The van der Waals surface area contributed by atoms with Crippen LogP contribution in [0.5, 0.6) is 0 Å². The zero-order valence-electron chi connectivity index (χ0n) is 15.8. The van der Waals surface area contributed by atoms with E-state index in [2.05, 4.69) is 30.4 Å². The van der Waals surface area contributed by atoms with Gasteiger partial charge in [-0.3, -0.25) is 4.79 Å². The van der Waals surface area contributed by atoms with Gasteiger partial charge < -0.3 is 0 Å². The Hall–Kier alpha value is -2.83. The van der Waals surface area contributed by atoms with E-state index in [9.17, 15) is 4.79 Å². The maximum absolute atomic E-state index is 12.9. The first kappa shape index (κ1) is 18.5. The van der Waals surface area contributed by atoms with E-state index in [-0.39, 0.29) is 5.91 Å². The van der Waals surface area contributed by atoms with Crippen LogP contribution in [-0.2, 0) is 0 Å². The minimum absolute atomic E-state index is 0.235. The molecule has 0 spiro atoms.